The van der Waals surface area contributed by atoms with Gasteiger partial charge in [-0.05, 0) is 24.6 Å². The van der Waals surface area contributed by atoms with Gasteiger partial charge in [0.15, 0.2) is 16.7 Å². The summed E-state index contributed by atoms with van der Waals surface area (Å²) in [5.74, 6) is 0.313. The fourth-order valence-electron chi connectivity index (χ4n) is 4.01. The van der Waals surface area contributed by atoms with E-state index in [2.05, 4.69) is 15.4 Å². The Morgan fingerprint density at radius 1 is 1.11 bits per heavy atom. The molecule has 0 atom stereocenters. The minimum atomic E-state index is -0.399. The number of ether oxygens (including phenoxy) is 2. The maximum atomic E-state index is 13.8. The Kier molecular flexibility index (Phi) is 5.79. The fourth-order valence-corrected chi connectivity index (χ4v) is 4.01. The van der Waals surface area contributed by atoms with Gasteiger partial charge in [-0.15, -0.1) is 0 Å². The zero-order valence-corrected chi connectivity index (χ0v) is 19.4. The van der Waals surface area contributed by atoms with Crippen molar-refractivity contribution in [2.75, 3.05) is 20.8 Å². The van der Waals surface area contributed by atoms with Gasteiger partial charge in [-0.2, -0.15) is 0 Å². The first kappa shape index (κ1) is 22.4. The Bertz CT molecular complexity index is 1600. The third-order valence-electron chi connectivity index (χ3n) is 5.67. The number of amides is 1. The van der Waals surface area contributed by atoms with Gasteiger partial charge in [-0.1, -0.05) is 36.4 Å². The molecule has 178 valence electrons. The van der Waals surface area contributed by atoms with Crippen LogP contribution in [0.15, 0.2) is 57.7 Å². The van der Waals surface area contributed by atoms with Gasteiger partial charge in [0.2, 0.25) is 11.8 Å². The quantitative estimate of drug-likeness (QED) is 0.372. The highest BCUT2D eigenvalue weighted by Crippen LogP contribution is 2.32. The van der Waals surface area contributed by atoms with Crippen molar-refractivity contribution in [2.24, 2.45) is 0 Å². The second-order valence-electron chi connectivity index (χ2n) is 7.87. The molecule has 10 heteroatoms. The molecule has 2 N–H and O–H groups in total. The third kappa shape index (κ3) is 3.93. The van der Waals surface area contributed by atoms with Gasteiger partial charge >= 0.3 is 0 Å². The van der Waals surface area contributed by atoms with Gasteiger partial charge in [0.1, 0.15) is 17.9 Å². The number of methoxy groups -OCH3 is 1. The molecule has 5 rings (SSSR count). The number of H-pyrrole nitrogens is 1. The van der Waals surface area contributed by atoms with Crippen molar-refractivity contribution >= 4 is 22.7 Å². The molecule has 0 spiro atoms. The van der Waals surface area contributed by atoms with E-state index < -0.39 is 5.56 Å². The van der Waals surface area contributed by atoms with E-state index in [0.717, 1.165) is 16.8 Å². The summed E-state index contributed by atoms with van der Waals surface area (Å²) >= 11 is 0. The number of aromatic nitrogens is 4. The monoisotopic (exact) mass is 473 g/mol. The molecule has 1 amide bonds. The maximum Gasteiger partial charge on any atom is 0.285 e. The molecule has 0 saturated carbocycles. The lowest BCUT2D eigenvalue weighted by atomic mass is 10.1. The molecule has 10 nitrogen and oxygen atoms in total. The first-order chi connectivity index (χ1) is 17.0. The normalized spacial score (nSPS) is 11.3. The van der Waals surface area contributed by atoms with Crippen molar-refractivity contribution in [3.63, 3.8) is 0 Å². The van der Waals surface area contributed by atoms with Crippen LogP contribution >= 0.6 is 0 Å². The Morgan fingerprint density at radius 3 is 2.66 bits per heavy atom. The van der Waals surface area contributed by atoms with Crippen LogP contribution in [-0.2, 0) is 16.1 Å². The molecule has 0 fully saturated rings. The van der Waals surface area contributed by atoms with E-state index in [1.54, 1.807) is 18.2 Å². The van der Waals surface area contributed by atoms with E-state index in [1.807, 2.05) is 37.3 Å². The number of carbonyl (C=O) groups excluding carboxylic acids is 1. The Labute approximate surface area is 199 Å². The van der Waals surface area contributed by atoms with Crippen LogP contribution in [0.2, 0.25) is 0 Å². The minimum absolute atomic E-state index is 0.0865. The second kappa shape index (κ2) is 9.07. The van der Waals surface area contributed by atoms with Crippen molar-refractivity contribution in [1.29, 1.82) is 0 Å². The van der Waals surface area contributed by atoms with Gasteiger partial charge in [0, 0.05) is 18.3 Å². The molecule has 0 aliphatic carbocycles. The molecule has 35 heavy (non-hydrogen) atoms. The average molecular weight is 473 g/mol. The first-order valence-corrected chi connectivity index (χ1v) is 10.9. The minimum Gasteiger partial charge on any atom is -0.494 e. The molecule has 0 aliphatic heterocycles. The van der Waals surface area contributed by atoms with Crippen LogP contribution in [0.4, 0.5) is 0 Å². The lowest BCUT2D eigenvalue weighted by molar-refractivity contribution is -0.125. The average Bonchev–Trinajstić information content (AvgIpc) is 3.45. The first-order valence-electron chi connectivity index (χ1n) is 10.9. The van der Waals surface area contributed by atoms with E-state index in [9.17, 15) is 9.59 Å². The van der Waals surface area contributed by atoms with Crippen LogP contribution in [0, 0.1) is 6.92 Å². The van der Waals surface area contributed by atoms with Crippen LogP contribution in [-0.4, -0.2) is 46.3 Å². The zero-order valence-electron chi connectivity index (χ0n) is 19.4. The molecule has 2 aromatic carbocycles. The van der Waals surface area contributed by atoms with Gasteiger partial charge in [-0.25, -0.2) is 14.5 Å². The number of hydrogen-bond donors (Lipinski definition) is 2. The fraction of sp³-hybridized carbons (Fsp3) is 0.200. The maximum absolute atomic E-state index is 13.8. The summed E-state index contributed by atoms with van der Waals surface area (Å²) < 4.78 is 18.3. The predicted molar refractivity (Wildman–Crippen MR) is 129 cm³/mol. The smallest absolute Gasteiger partial charge is 0.285 e. The number of nitrogens with one attached hydrogen (secondary N) is 2. The van der Waals surface area contributed by atoms with Crippen LogP contribution in [0.5, 0.6) is 5.75 Å². The number of nitrogens with zero attached hydrogens (tertiary/aromatic N) is 3. The van der Waals surface area contributed by atoms with E-state index in [1.165, 1.54) is 18.7 Å². The molecule has 0 saturated heterocycles. The van der Waals surface area contributed by atoms with Crippen molar-refractivity contribution in [1.82, 2.24) is 24.9 Å². The van der Waals surface area contributed by atoms with Crippen LogP contribution in [0.3, 0.4) is 0 Å². The summed E-state index contributed by atoms with van der Waals surface area (Å²) in [4.78, 5) is 34.8. The number of para-hydroxylation sites is 1. The van der Waals surface area contributed by atoms with E-state index in [0.29, 0.717) is 28.2 Å². The van der Waals surface area contributed by atoms with E-state index in [-0.39, 0.29) is 30.6 Å². The molecule has 0 unspecified atom stereocenters. The number of carbonyl (C=O) groups is 1. The number of aromatic amines is 1. The Balaban J connectivity index is 1.73. The highest BCUT2D eigenvalue weighted by Gasteiger charge is 2.24. The van der Waals surface area contributed by atoms with Gasteiger partial charge in [0.25, 0.3) is 5.56 Å². The van der Waals surface area contributed by atoms with Gasteiger partial charge in [-0.3, -0.25) is 14.7 Å². The largest absolute Gasteiger partial charge is 0.494 e. The highest BCUT2D eigenvalue weighted by molar-refractivity contribution is 5.84. The lowest BCUT2D eigenvalue weighted by Gasteiger charge is -2.08. The lowest BCUT2D eigenvalue weighted by Crippen LogP contribution is -2.24. The molecular formula is C25H23N5O5. The second-order valence-corrected chi connectivity index (χ2v) is 7.87. The number of likely N-dealkylation sites (N-methyl/N-ethyl adjacent to an activating group) is 1. The Morgan fingerprint density at radius 2 is 1.91 bits per heavy atom. The van der Waals surface area contributed by atoms with E-state index in [4.69, 9.17) is 18.9 Å². The molecule has 5 aromatic rings. The molecule has 3 heterocycles. The summed E-state index contributed by atoms with van der Waals surface area (Å²) in [7, 11) is 3.06. The van der Waals surface area contributed by atoms with Gasteiger partial charge in [0.05, 0.1) is 19.4 Å². The van der Waals surface area contributed by atoms with Crippen LogP contribution < -0.4 is 15.6 Å². The topological polar surface area (TPSA) is 124 Å². The highest BCUT2D eigenvalue weighted by atomic mass is 16.5. The van der Waals surface area contributed by atoms with Crippen molar-refractivity contribution < 1.29 is 18.7 Å². The van der Waals surface area contributed by atoms with Crippen LogP contribution in [0.25, 0.3) is 39.3 Å². The number of aryl methyl sites for hydroxylation is 1. The summed E-state index contributed by atoms with van der Waals surface area (Å²) in [5, 5.41) is 5.62. The number of fused-ring (bicyclic) bond motifs is 2. The van der Waals surface area contributed by atoms with Crippen LogP contribution in [0.1, 0.15) is 11.4 Å². The summed E-state index contributed by atoms with van der Waals surface area (Å²) in [5.41, 5.74) is 3.91. The number of rotatable bonds is 7. The number of benzene rings is 2. The summed E-state index contributed by atoms with van der Waals surface area (Å²) in [6.07, 6.45) is 0. The third-order valence-corrected chi connectivity index (χ3v) is 5.67. The standard InChI is InChI=1S/C25H23N5O5/c1-14-20(15-8-5-4-6-9-15)23-27-16(12-34-13-19(31)26-2)21(25(32)30(23)29-14)24-28-22-17(33-3)10-7-11-18(22)35-24/h4-11,29H,12-13H2,1-3H3,(H,26,31). The van der Waals surface area contributed by atoms with Gasteiger partial charge < -0.3 is 19.2 Å². The summed E-state index contributed by atoms with van der Waals surface area (Å²) in [6, 6.07) is 14.9. The Hall–Kier alpha value is -4.44. The molecular weight excluding hydrogens is 450 g/mol. The van der Waals surface area contributed by atoms with E-state index >= 15 is 0 Å². The van der Waals surface area contributed by atoms with Crippen molar-refractivity contribution in [2.45, 2.75) is 13.5 Å². The molecule has 0 aliphatic rings. The summed E-state index contributed by atoms with van der Waals surface area (Å²) in [6.45, 7) is 1.60. The molecule has 0 bridgehead atoms. The predicted octanol–water partition coefficient (Wildman–Crippen LogP) is 3.08. The molecule has 0 radical (unpaired) electrons. The molecule has 3 aromatic heterocycles. The van der Waals surface area contributed by atoms with Crippen molar-refractivity contribution in [3.8, 4) is 28.3 Å². The number of oxazole rings is 1. The SMILES string of the molecule is CNC(=O)COCc1nc2c(-c3ccccc3)c(C)[nH]n2c(=O)c1-c1nc2c(OC)cccc2o1. The zero-order chi connectivity index (χ0) is 24.5. The number of hydrogen-bond acceptors (Lipinski definition) is 7. The van der Waals surface area contributed by atoms with Crippen molar-refractivity contribution in [3.05, 3.63) is 70.3 Å².